The van der Waals surface area contributed by atoms with Crippen LogP contribution in [0.5, 0.6) is 0 Å². The SMILES string of the molecule is CCc1cccc(C)c1N/N=C(\SCc1ccc([N+](=O)[O-])cc1)SCc1ccc(C(=O)OC)o1. The number of furan rings is 1. The third kappa shape index (κ3) is 6.88. The number of nitro groups is 1. The fourth-order valence-corrected chi connectivity index (χ4v) is 4.86. The van der Waals surface area contributed by atoms with Gasteiger partial charge in [-0.15, -0.1) is 0 Å². The Morgan fingerprint density at radius 2 is 1.85 bits per heavy atom. The van der Waals surface area contributed by atoms with Crippen molar-refractivity contribution in [1.29, 1.82) is 0 Å². The Morgan fingerprint density at radius 1 is 1.12 bits per heavy atom. The van der Waals surface area contributed by atoms with Gasteiger partial charge in [0.1, 0.15) is 5.76 Å². The molecule has 0 saturated heterocycles. The smallest absolute Gasteiger partial charge is 0.373 e. The van der Waals surface area contributed by atoms with Crippen LogP contribution in [-0.4, -0.2) is 22.4 Å². The molecule has 1 N–H and O–H groups in total. The Kier molecular flexibility index (Phi) is 9.17. The van der Waals surface area contributed by atoms with E-state index in [0.717, 1.165) is 27.6 Å². The highest BCUT2D eigenvalue weighted by Gasteiger charge is 2.13. The molecule has 8 nitrogen and oxygen atoms in total. The minimum Gasteiger partial charge on any atom is -0.463 e. The molecule has 1 heterocycles. The minimum absolute atomic E-state index is 0.0598. The first kappa shape index (κ1) is 25.4. The average Bonchev–Trinajstić information content (AvgIpc) is 3.33. The maximum Gasteiger partial charge on any atom is 0.373 e. The van der Waals surface area contributed by atoms with Gasteiger partial charge in [-0.25, -0.2) is 4.79 Å². The van der Waals surface area contributed by atoms with Crippen LogP contribution >= 0.6 is 23.5 Å². The van der Waals surface area contributed by atoms with Crippen LogP contribution in [0.4, 0.5) is 11.4 Å². The number of nitro benzene ring substituents is 1. The monoisotopic (exact) mass is 499 g/mol. The largest absolute Gasteiger partial charge is 0.463 e. The van der Waals surface area contributed by atoms with Crippen molar-refractivity contribution in [3.8, 4) is 0 Å². The second kappa shape index (κ2) is 12.3. The zero-order valence-electron chi connectivity index (χ0n) is 19.1. The van der Waals surface area contributed by atoms with Crippen molar-refractivity contribution < 1.29 is 18.9 Å². The number of hydrogen-bond acceptors (Lipinski definition) is 9. The van der Waals surface area contributed by atoms with Gasteiger partial charge >= 0.3 is 5.97 Å². The number of aryl methyl sites for hydroxylation is 2. The molecule has 0 amide bonds. The molecule has 1 aromatic heterocycles. The van der Waals surface area contributed by atoms with E-state index in [1.807, 2.05) is 19.1 Å². The number of nitrogens with zero attached hydrogens (tertiary/aromatic N) is 2. The number of nitrogens with one attached hydrogen (secondary N) is 1. The molecule has 0 unspecified atom stereocenters. The number of carbonyl (C=O) groups is 1. The van der Waals surface area contributed by atoms with Gasteiger partial charge < -0.3 is 9.15 Å². The molecule has 2 aromatic carbocycles. The average molecular weight is 500 g/mol. The quantitative estimate of drug-likeness (QED) is 0.119. The van der Waals surface area contributed by atoms with E-state index in [2.05, 4.69) is 28.3 Å². The Labute approximate surface area is 206 Å². The van der Waals surface area contributed by atoms with Crippen molar-refractivity contribution in [3.05, 3.63) is 92.9 Å². The number of hydrazone groups is 1. The van der Waals surface area contributed by atoms with E-state index in [4.69, 9.17) is 4.42 Å². The summed E-state index contributed by atoms with van der Waals surface area (Å²) in [6.07, 6.45) is 0.876. The molecule has 0 aliphatic carbocycles. The van der Waals surface area contributed by atoms with Crippen LogP contribution in [0.3, 0.4) is 0 Å². The summed E-state index contributed by atoms with van der Waals surface area (Å²) >= 11 is 2.98. The van der Waals surface area contributed by atoms with Gasteiger partial charge in [0.15, 0.2) is 4.38 Å². The number of ether oxygens (including phenoxy) is 1. The molecule has 0 aliphatic rings. The number of thioether (sulfide) groups is 2. The normalized spacial score (nSPS) is 11.3. The van der Waals surface area contributed by atoms with Crippen LogP contribution in [0, 0.1) is 17.0 Å². The summed E-state index contributed by atoms with van der Waals surface area (Å²) in [7, 11) is 1.31. The van der Waals surface area contributed by atoms with Gasteiger partial charge in [0, 0.05) is 17.9 Å². The second-order valence-electron chi connectivity index (χ2n) is 7.21. The van der Waals surface area contributed by atoms with Crippen molar-refractivity contribution >= 4 is 45.2 Å². The van der Waals surface area contributed by atoms with Crippen molar-refractivity contribution in [2.24, 2.45) is 5.10 Å². The molecule has 0 fully saturated rings. The van der Waals surface area contributed by atoms with E-state index < -0.39 is 10.9 Å². The maximum absolute atomic E-state index is 11.6. The molecule has 34 heavy (non-hydrogen) atoms. The molecule has 0 saturated carbocycles. The summed E-state index contributed by atoms with van der Waals surface area (Å²) in [5, 5.41) is 15.5. The Morgan fingerprint density at radius 3 is 2.53 bits per heavy atom. The number of rotatable bonds is 9. The number of para-hydroxylation sites is 1. The minimum atomic E-state index is -0.522. The van der Waals surface area contributed by atoms with Gasteiger partial charge in [0.05, 0.1) is 23.5 Å². The van der Waals surface area contributed by atoms with Crippen molar-refractivity contribution in [2.45, 2.75) is 31.8 Å². The van der Waals surface area contributed by atoms with Crippen LogP contribution in [-0.2, 0) is 22.7 Å². The van der Waals surface area contributed by atoms with E-state index >= 15 is 0 Å². The van der Waals surface area contributed by atoms with Crippen LogP contribution in [0.2, 0.25) is 0 Å². The number of hydrogen-bond donors (Lipinski definition) is 1. The molecule has 10 heteroatoms. The van der Waals surface area contributed by atoms with E-state index in [1.165, 1.54) is 48.3 Å². The Balaban J connectivity index is 1.74. The molecule has 3 rings (SSSR count). The van der Waals surface area contributed by atoms with Crippen molar-refractivity contribution in [2.75, 3.05) is 12.5 Å². The number of methoxy groups -OCH3 is 1. The van der Waals surface area contributed by atoms with Gasteiger partial charge in [-0.1, -0.05) is 60.8 Å². The fraction of sp³-hybridized carbons (Fsp3) is 0.250. The number of benzene rings is 2. The van der Waals surface area contributed by atoms with Crippen molar-refractivity contribution in [3.63, 3.8) is 0 Å². The molecule has 0 bridgehead atoms. The molecular weight excluding hydrogens is 474 g/mol. The van der Waals surface area contributed by atoms with Gasteiger partial charge in [0.25, 0.3) is 5.69 Å². The lowest BCUT2D eigenvalue weighted by molar-refractivity contribution is -0.384. The van der Waals surface area contributed by atoms with E-state index in [9.17, 15) is 14.9 Å². The summed E-state index contributed by atoms with van der Waals surface area (Å²) in [5.74, 6) is 1.32. The summed E-state index contributed by atoms with van der Waals surface area (Å²) in [4.78, 5) is 22.1. The molecule has 0 radical (unpaired) electrons. The summed E-state index contributed by atoms with van der Waals surface area (Å²) < 4.78 is 11.0. The summed E-state index contributed by atoms with van der Waals surface area (Å²) in [5.41, 5.74) is 7.46. The van der Waals surface area contributed by atoms with Crippen molar-refractivity contribution in [1.82, 2.24) is 0 Å². The number of carbonyl (C=O) groups excluding carboxylic acids is 1. The second-order valence-corrected chi connectivity index (χ2v) is 9.40. The first-order valence-electron chi connectivity index (χ1n) is 10.5. The molecular formula is C24H25N3O5S2. The third-order valence-electron chi connectivity index (χ3n) is 4.89. The summed E-state index contributed by atoms with van der Waals surface area (Å²) in [6.45, 7) is 4.13. The zero-order chi connectivity index (χ0) is 24.5. The first-order chi connectivity index (χ1) is 16.4. The number of anilines is 1. The lowest BCUT2D eigenvalue weighted by Crippen LogP contribution is -2.01. The highest BCUT2D eigenvalue weighted by atomic mass is 32.2. The Bertz CT molecular complexity index is 1180. The van der Waals surface area contributed by atoms with Crippen LogP contribution in [0.1, 0.15) is 39.9 Å². The zero-order valence-corrected chi connectivity index (χ0v) is 20.7. The highest BCUT2D eigenvalue weighted by molar-refractivity contribution is 8.38. The number of non-ortho nitro benzene ring substituents is 1. The molecule has 178 valence electrons. The van der Waals surface area contributed by atoms with Gasteiger partial charge in [-0.05, 0) is 42.2 Å². The van der Waals surface area contributed by atoms with Gasteiger partial charge in [0.2, 0.25) is 5.76 Å². The van der Waals surface area contributed by atoms with E-state index in [-0.39, 0.29) is 11.4 Å². The summed E-state index contributed by atoms with van der Waals surface area (Å²) in [6, 6.07) is 15.9. The number of esters is 1. The fourth-order valence-electron chi connectivity index (χ4n) is 3.05. The third-order valence-corrected chi connectivity index (χ3v) is 7.18. The topological polar surface area (TPSA) is 107 Å². The standard InChI is InChI=1S/C24H25N3O5S2/c1-4-18-7-5-6-16(2)22(18)25-26-24(33-14-17-8-10-19(11-9-17)27(29)30)34-15-20-12-13-21(32-20)23(28)31-3/h5-13,25H,4,14-15H2,1-3H3/b26-24+. The molecule has 0 atom stereocenters. The van der Waals surface area contributed by atoms with Crippen LogP contribution in [0.25, 0.3) is 0 Å². The predicted octanol–water partition coefficient (Wildman–Crippen LogP) is 6.39. The first-order valence-corrected chi connectivity index (χ1v) is 12.5. The molecule has 3 aromatic rings. The lowest BCUT2D eigenvalue weighted by atomic mass is 10.1. The van der Waals surface area contributed by atoms with Gasteiger partial charge in [-0.2, -0.15) is 5.10 Å². The Hall–Kier alpha value is -3.24. The van der Waals surface area contributed by atoms with E-state index in [1.54, 1.807) is 24.3 Å². The predicted molar refractivity (Wildman–Crippen MR) is 137 cm³/mol. The molecule has 0 aliphatic heterocycles. The van der Waals surface area contributed by atoms with Crippen LogP contribution in [0.15, 0.2) is 64.1 Å². The maximum atomic E-state index is 11.6. The highest BCUT2D eigenvalue weighted by Crippen LogP contribution is 2.28. The lowest BCUT2D eigenvalue weighted by Gasteiger charge is -2.12. The molecule has 0 spiro atoms. The van der Waals surface area contributed by atoms with Crippen LogP contribution < -0.4 is 5.43 Å². The van der Waals surface area contributed by atoms with Gasteiger partial charge in [-0.3, -0.25) is 15.5 Å². The van der Waals surface area contributed by atoms with E-state index in [0.29, 0.717) is 17.3 Å².